The first-order valence-corrected chi connectivity index (χ1v) is 11.9. The number of nitrogens with zero attached hydrogens (tertiary/aromatic N) is 3. The molecule has 3 heterocycles. The molecule has 1 aromatic carbocycles. The quantitative estimate of drug-likeness (QED) is 0.763. The first kappa shape index (κ1) is 20.0. The minimum Gasteiger partial charge on any atom is -0.334 e. The predicted octanol–water partition coefficient (Wildman–Crippen LogP) is 3.69. The third kappa shape index (κ3) is 3.45. The summed E-state index contributed by atoms with van der Waals surface area (Å²) in [4.78, 5) is 30.5. The molecule has 3 unspecified atom stereocenters. The van der Waals surface area contributed by atoms with Gasteiger partial charge in [0.1, 0.15) is 0 Å². The monoisotopic (exact) mass is 408 g/mol. The molecule has 3 aliphatic heterocycles. The van der Waals surface area contributed by atoms with E-state index in [1.807, 2.05) is 11.3 Å². The van der Waals surface area contributed by atoms with Crippen LogP contribution in [0.25, 0.3) is 0 Å². The topological polar surface area (TPSA) is 43.9 Å². The molecule has 1 aliphatic carbocycles. The number of carbonyl (C=O) groups is 1. The van der Waals surface area contributed by atoms with Crippen LogP contribution in [0.2, 0.25) is 0 Å². The molecule has 5 nitrogen and oxygen atoms in total. The van der Waals surface area contributed by atoms with Crippen LogP contribution in [0.4, 0.5) is 5.69 Å². The van der Waals surface area contributed by atoms with Crippen molar-refractivity contribution in [1.82, 2.24) is 9.80 Å². The van der Waals surface area contributed by atoms with Gasteiger partial charge in [-0.2, -0.15) is 0 Å². The number of hydrogen-bond acceptors (Lipinski definition) is 3. The van der Waals surface area contributed by atoms with E-state index in [1.165, 1.54) is 44.2 Å². The summed E-state index contributed by atoms with van der Waals surface area (Å²) < 4.78 is 0. The second-order valence-corrected chi connectivity index (χ2v) is 10.0. The number of carbonyl (C=O) groups excluding carboxylic acids is 2. The van der Waals surface area contributed by atoms with Crippen LogP contribution in [0.1, 0.15) is 69.8 Å². The van der Waals surface area contributed by atoms with Gasteiger partial charge in [0.05, 0.1) is 5.41 Å². The van der Waals surface area contributed by atoms with Crippen LogP contribution in [0.3, 0.4) is 0 Å². The average molecular weight is 409 g/mol. The third-order valence-electron chi connectivity index (χ3n) is 8.52. The second-order valence-electron chi connectivity index (χ2n) is 10.0. The van der Waals surface area contributed by atoms with E-state index in [0.29, 0.717) is 19.0 Å². The van der Waals surface area contributed by atoms with Gasteiger partial charge in [0.15, 0.2) is 0 Å². The molecule has 161 valence electrons. The molecule has 1 radical (unpaired) electrons. The number of rotatable bonds is 4. The van der Waals surface area contributed by atoms with E-state index in [2.05, 4.69) is 36.1 Å². The summed E-state index contributed by atoms with van der Waals surface area (Å²) in [7, 11) is 0. The van der Waals surface area contributed by atoms with Crippen molar-refractivity contribution in [3.8, 4) is 0 Å². The van der Waals surface area contributed by atoms with Crippen LogP contribution in [-0.2, 0) is 9.59 Å². The summed E-state index contributed by atoms with van der Waals surface area (Å²) in [5.74, 6) is 0.908. The Morgan fingerprint density at radius 1 is 0.967 bits per heavy atom. The standard InChI is InChI=1S/C25H34N3O2/c1-19-3-2-13-27(19)23-9-6-21(17-23)20-4-7-22(8-5-20)28-16-12-25(24(28)30)10-14-26(18-29)15-11-25/h4-5,7-8,19,21,23H,2-3,6,9-17H2,1H3. The fourth-order valence-electron chi connectivity index (χ4n) is 6.54. The Hall–Kier alpha value is -1.88. The van der Waals surface area contributed by atoms with Gasteiger partial charge in [-0.1, -0.05) is 12.1 Å². The Labute approximate surface area is 180 Å². The van der Waals surface area contributed by atoms with Gasteiger partial charge in [0.2, 0.25) is 5.91 Å². The smallest absolute Gasteiger partial charge is 0.312 e. The summed E-state index contributed by atoms with van der Waals surface area (Å²) in [6.07, 6.45) is 11.0. The molecule has 3 atom stereocenters. The maximum absolute atomic E-state index is 13.2. The van der Waals surface area contributed by atoms with E-state index in [9.17, 15) is 9.59 Å². The molecule has 0 bridgehead atoms. The third-order valence-corrected chi connectivity index (χ3v) is 8.52. The van der Waals surface area contributed by atoms with Crippen molar-refractivity contribution in [3.05, 3.63) is 29.8 Å². The average Bonchev–Trinajstić information content (AvgIpc) is 3.49. The SMILES string of the molecule is CC1CCCN1C1CCC(c2ccc(N3CCC4(CCN([C]=O)CC4)C3=O)cc2)C1. The summed E-state index contributed by atoms with van der Waals surface area (Å²) >= 11 is 0. The van der Waals surface area contributed by atoms with E-state index in [0.717, 1.165) is 43.6 Å². The first-order chi connectivity index (χ1) is 14.6. The van der Waals surface area contributed by atoms with Gasteiger partial charge in [0, 0.05) is 37.4 Å². The zero-order chi connectivity index (χ0) is 20.7. The van der Waals surface area contributed by atoms with Crippen molar-refractivity contribution in [1.29, 1.82) is 0 Å². The molecular formula is C25H34N3O2. The van der Waals surface area contributed by atoms with Crippen molar-refractivity contribution in [2.24, 2.45) is 5.41 Å². The lowest BCUT2D eigenvalue weighted by atomic mass is 9.77. The van der Waals surface area contributed by atoms with Gasteiger partial charge in [-0.05, 0) is 88.4 Å². The van der Waals surface area contributed by atoms with Gasteiger partial charge in [-0.25, -0.2) is 0 Å². The normalized spacial score (nSPS) is 31.8. The van der Waals surface area contributed by atoms with Crippen molar-refractivity contribution in [2.45, 2.75) is 76.3 Å². The Morgan fingerprint density at radius 3 is 2.37 bits per heavy atom. The minimum atomic E-state index is -0.267. The van der Waals surface area contributed by atoms with Crippen LogP contribution in [0, 0.1) is 5.41 Å². The highest BCUT2D eigenvalue weighted by Gasteiger charge is 2.48. The van der Waals surface area contributed by atoms with Crippen LogP contribution in [-0.4, -0.2) is 60.4 Å². The summed E-state index contributed by atoms with van der Waals surface area (Å²) in [6, 6.07) is 10.3. The lowest BCUT2D eigenvalue weighted by molar-refractivity contribution is -0.127. The molecule has 3 saturated heterocycles. The number of piperidine rings is 1. The van der Waals surface area contributed by atoms with E-state index in [-0.39, 0.29) is 11.3 Å². The number of likely N-dealkylation sites (tertiary alicyclic amines) is 2. The molecule has 4 fully saturated rings. The molecule has 5 rings (SSSR count). The largest absolute Gasteiger partial charge is 0.334 e. The first-order valence-electron chi connectivity index (χ1n) is 11.9. The molecule has 4 aliphatic rings. The molecule has 0 N–H and O–H groups in total. The van der Waals surface area contributed by atoms with E-state index < -0.39 is 0 Å². The van der Waals surface area contributed by atoms with E-state index >= 15 is 0 Å². The maximum atomic E-state index is 13.2. The molecule has 2 amide bonds. The highest BCUT2D eigenvalue weighted by Crippen LogP contribution is 2.44. The van der Waals surface area contributed by atoms with E-state index in [4.69, 9.17) is 0 Å². The molecule has 30 heavy (non-hydrogen) atoms. The van der Waals surface area contributed by atoms with Gasteiger partial charge >= 0.3 is 6.41 Å². The number of benzene rings is 1. The van der Waals surface area contributed by atoms with Gasteiger partial charge in [-0.3, -0.25) is 14.5 Å². The lowest BCUT2D eigenvalue weighted by Gasteiger charge is -2.35. The number of hydrogen-bond donors (Lipinski definition) is 0. The van der Waals surface area contributed by atoms with Gasteiger partial charge in [0.25, 0.3) is 0 Å². The van der Waals surface area contributed by atoms with E-state index in [1.54, 1.807) is 4.90 Å². The maximum Gasteiger partial charge on any atom is 0.312 e. The zero-order valence-electron chi connectivity index (χ0n) is 18.2. The van der Waals surface area contributed by atoms with Gasteiger partial charge < -0.3 is 9.80 Å². The highest BCUT2D eigenvalue weighted by molar-refractivity contribution is 6.00. The molecule has 5 heteroatoms. The Morgan fingerprint density at radius 2 is 1.70 bits per heavy atom. The molecule has 1 spiro atoms. The highest BCUT2D eigenvalue weighted by atomic mass is 16.2. The van der Waals surface area contributed by atoms with Crippen LogP contribution >= 0.6 is 0 Å². The number of amides is 2. The fraction of sp³-hybridized carbons (Fsp3) is 0.680. The van der Waals surface area contributed by atoms with Crippen molar-refractivity contribution >= 4 is 18.0 Å². The summed E-state index contributed by atoms with van der Waals surface area (Å²) in [5.41, 5.74) is 2.20. The molecule has 1 aromatic rings. The predicted molar refractivity (Wildman–Crippen MR) is 118 cm³/mol. The Bertz CT molecular complexity index is 784. The Kier molecular flexibility index (Phi) is 5.34. The summed E-state index contributed by atoms with van der Waals surface area (Å²) in [5, 5.41) is 0. The van der Waals surface area contributed by atoms with Crippen molar-refractivity contribution < 1.29 is 9.59 Å². The minimum absolute atomic E-state index is 0.254. The fourth-order valence-corrected chi connectivity index (χ4v) is 6.54. The second kappa shape index (κ2) is 7.99. The zero-order valence-corrected chi connectivity index (χ0v) is 18.2. The van der Waals surface area contributed by atoms with Crippen molar-refractivity contribution in [2.75, 3.05) is 31.1 Å². The molecular weight excluding hydrogens is 374 g/mol. The number of anilines is 1. The summed E-state index contributed by atoms with van der Waals surface area (Å²) in [6.45, 7) is 5.76. The van der Waals surface area contributed by atoms with Crippen LogP contribution in [0.15, 0.2) is 24.3 Å². The van der Waals surface area contributed by atoms with Crippen LogP contribution in [0.5, 0.6) is 0 Å². The van der Waals surface area contributed by atoms with Gasteiger partial charge in [-0.15, -0.1) is 0 Å². The van der Waals surface area contributed by atoms with Crippen molar-refractivity contribution in [3.63, 3.8) is 0 Å². The molecule has 0 aromatic heterocycles. The lowest BCUT2D eigenvalue weighted by Crippen LogP contribution is -2.44. The molecule has 1 saturated carbocycles. The Balaban J connectivity index is 1.23. The van der Waals surface area contributed by atoms with Crippen LogP contribution < -0.4 is 4.90 Å².